The number of aryl methyl sites for hydroxylation is 1. The number of nitrogens with zero attached hydrogens (tertiary/aromatic N) is 2. The number of hydrogen-bond acceptors (Lipinski definition) is 2. The second-order valence-electron chi connectivity index (χ2n) is 2.86. The normalized spacial score (nSPS) is 10.9. The van der Waals surface area contributed by atoms with Crippen molar-refractivity contribution in [2.24, 2.45) is 0 Å². The third kappa shape index (κ3) is 1.39. The smallest absolute Gasteiger partial charge is 0.153 e. The molecule has 1 aromatic carbocycles. The molecular formula is C9H10IN3. The third-order valence-electron chi connectivity index (χ3n) is 2.04. The van der Waals surface area contributed by atoms with Crippen LogP contribution in [-0.4, -0.2) is 9.78 Å². The van der Waals surface area contributed by atoms with Gasteiger partial charge in [-0.2, -0.15) is 5.10 Å². The summed E-state index contributed by atoms with van der Waals surface area (Å²) in [5.41, 5.74) is 6.89. The summed E-state index contributed by atoms with van der Waals surface area (Å²) in [6, 6.07) is 6.16. The highest BCUT2D eigenvalue weighted by Gasteiger charge is 2.05. The van der Waals surface area contributed by atoms with Crippen molar-refractivity contribution < 1.29 is 0 Å². The summed E-state index contributed by atoms with van der Waals surface area (Å²) in [5, 5.41) is 5.28. The molecule has 0 saturated carbocycles. The minimum atomic E-state index is 0.619. The van der Waals surface area contributed by atoms with Gasteiger partial charge in [-0.25, -0.2) is 0 Å². The average molecular weight is 287 g/mol. The highest BCUT2D eigenvalue weighted by atomic mass is 127. The fraction of sp³-hybridized carbons (Fsp3) is 0.222. The number of nitrogens with two attached hydrogens (primary N) is 1. The molecule has 4 heteroatoms. The summed E-state index contributed by atoms with van der Waals surface area (Å²) < 4.78 is 3.13. The van der Waals surface area contributed by atoms with E-state index in [1.807, 2.05) is 16.8 Å². The highest BCUT2D eigenvalue weighted by molar-refractivity contribution is 14.1. The molecule has 0 fully saturated rings. The molecule has 0 bridgehead atoms. The van der Waals surface area contributed by atoms with Crippen LogP contribution in [-0.2, 0) is 6.54 Å². The van der Waals surface area contributed by atoms with Crippen molar-refractivity contribution in [1.82, 2.24) is 9.78 Å². The van der Waals surface area contributed by atoms with Crippen LogP contribution in [0.3, 0.4) is 0 Å². The Morgan fingerprint density at radius 1 is 1.54 bits per heavy atom. The van der Waals surface area contributed by atoms with Crippen molar-refractivity contribution in [3.63, 3.8) is 0 Å². The zero-order chi connectivity index (χ0) is 9.42. The minimum Gasteiger partial charge on any atom is -0.382 e. The van der Waals surface area contributed by atoms with E-state index in [1.54, 1.807) is 0 Å². The van der Waals surface area contributed by atoms with Gasteiger partial charge in [0.05, 0.1) is 5.52 Å². The van der Waals surface area contributed by atoms with Crippen molar-refractivity contribution in [2.75, 3.05) is 5.73 Å². The van der Waals surface area contributed by atoms with Crippen molar-refractivity contribution in [3.05, 3.63) is 21.8 Å². The third-order valence-corrected chi connectivity index (χ3v) is 2.71. The molecule has 0 aliphatic heterocycles. The summed E-state index contributed by atoms with van der Waals surface area (Å²) in [4.78, 5) is 0. The van der Waals surface area contributed by atoms with Gasteiger partial charge in [-0.3, -0.25) is 4.68 Å². The summed E-state index contributed by atoms with van der Waals surface area (Å²) in [5.74, 6) is 0.619. The van der Waals surface area contributed by atoms with Gasteiger partial charge in [0.15, 0.2) is 5.82 Å². The first-order valence-corrected chi connectivity index (χ1v) is 5.21. The van der Waals surface area contributed by atoms with Gasteiger partial charge in [0.25, 0.3) is 0 Å². The first kappa shape index (κ1) is 8.80. The molecule has 0 amide bonds. The quantitative estimate of drug-likeness (QED) is 0.817. The maximum absolute atomic E-state index is 5.77. The van der Waals surface area contributed by atoms with E-state index in [0.717, 1.165) is 17.4 Å². The van der Waals surface area contributed by atoms with Crippen molar-refractivity contribution in [1.29, 1.82) is 0 Å². The molecule has 0 saturated heterocycles. The van der Waals surface area contributed by atoms with Crippen LogP contribution in [0.1, 0.15) is 6.92 Å². The molecule has 2 N–H and O–H groups in total. The molecule has 1 heterocycles. The molecule has 0 atom stereocenters. The van der Waals surface area contributed by atoms with Gasteiger partial charge >= 0.3 is 0 Å². The molecule has 13 heavy (non-hydrogen) atoms. The van der Waals surface area contributed by atoms with Gasteiger partial charge in [0, 0.05) is 15.5 Å². The zero-order valence-electron chi connectivity index (χ0n) is 7.29. The summed E-state index contributed by atoms with van der Waals surface area (Å²) in [7, 11) is 0. The minimum absolute atomic E-state index is 0.619. The number of nitrogen functional groups attached to an aromatic ring is 1. The van der Waals surface area contributed by atoms with Crippen LogP contribution in [0.5, 0.6) is 0 Å². The van der Waals surface area contributed by atoms with Gasteiger partial charge in [-0.05, 0) is 47.7 Å². The Bertz CT molecular complexity index is 447. The molecule has 1 aromatic heterocycles. The number of rotatable bonds is 1. The molecule has 2 aromatic rings. The van der Waals surface area contributed by atoms with E-state index in [-0.39, 0.29) is 0 Å². The number of hydrogen-bond donors (Lipinski definition) is 1. The van der Waals surface area contributed by atoms with Gasteiger partial charge in [0.2, 0.25) is 0 Å². The van der Waals surface area contributed by atoms with Gasteiger partial charge in [0.1, 0.15) is 0 Å². The lowest BCUT2D eigenvalue weighted by Crippen LogP contribution is -1.96. The molecule has 0 unspecified atom stereocenters. The van der Waals surface area contributed by atoms with Gasteiger partial charge < -0.3 is 5.73 Å². The maximum atomic E-state index is 5.77. The number of benzene rings is 1. The predicted octanol–water partition coefficient (Wildman–Crippen LogP) is 2.24. The fourth-order valence-corrected chi connectivity index (χ4v) is 1.89. The SMILES string of the molecule is CCn1nc(N)c2ccc(I)cc21. The number of anilines is 1. The molecule has 68 valence electrons. The Kier molecular flexibility index (Phi) is 2.15. The standard InChI is InChI=1S/C9H10IN3/c1-2-13-8-5-6(10)3-4-7(8)9(11)12-13/h3-5H,2H2,1H3,(H2,11,12). The van der Waals surface area contributed by atoms with Gasteiger partial charge in [-0.15, -0.1) is 0 Å². The first-order valence-electron chi connectivity index (χ1n) is 4.14. The largest absolute Gasteiger partial charge is 0.382 e. The maximum Gasteiger partial charge on any atom is 0.153 e. The summed E-state index contributed by atoms with van der Waals surface area (Å²) in [6.45, 7) is 2.92. The van der Waals surface area contributed by atoms with Crippen LogP contribution in [0.25, 0.3) is 10.9 Å². The fourth-order valence-electron chi connectivity index (χ4n) is 1.41. The molecule has 0 aliphatic rings. The topological polar surface area (TPSA) is 43.8 Å². The summed E-state index contributed by atoms with van der Waals surface area (Å²) >= 11 is 2.29. The van der Waals surface area contributed by atoms with E-state index in [2.05, 4.69) is 40.7 Å². The monoisotopic (exact) mass is 287 g/mol. The number of aromatic nitrogens is 2. The molecule has 3 nitrogen and oxygen atoms in total. The van der Waals surface area contributed by atoms with Crippen LogP contribution in [0, 0.1) is 3.57 Å². The van der Waals surface area contributed by atoms with E-state index in [4.69, 9.17) is 5.73 Å². The van der Waals surface area contributed by atoms with E-state index in [1.165, 1.54) is 3.57 Å². The highest BCUT2D eigenvalue weighted by Crippen LogP contribution is 2.22. The molecular weight excluding hydrogens is 277 g/mol. The second-order valence-corrected chi connectivity index (χ2v) is 4.11. The Labute approximate surface area is 90.1 Å². The van der Waals surface area contributed by atoms with Crippen LogP contribution < -0.4 is 5.73 Å². The zero-order valence-corrected chi connectivity index (χ0v) is 9.45. The Balaban J connectivity index is 2.81. The lowest BCUT2D eigenvalue weighted by Gasteiger charge is -1.97. The summed E-state index contributed by atoms with van der Waals surface area (Å²) in [6.07, 6.45) is 0. The van der Waals surface area contributed by atoms with Gasteiger partial charge in [-0.1, -0.05) is 0 Å². The predicted molar refractivity (Wildman–Crippen MR) is 62.5 cm³/mol. The van der Waals surface area contributed by atoms with E-state index >= 15 is 0 Å². The van der Waals surface area contributed by atoms with Crippen LogP contribution in [0.2, 0.25) is 0 Å². The molecule has 0 aliphatic carbocycles. The lowest BCUT2D eigenvalue weighted by atomic mass is 10.2. The van der Waals surface area contributed by atoms with Crippen LogP contribution >= 0.6 is 22.6 Å². The van der Waals surface area contributed by atoms with Crippen LogP contribution in [0.15, 0.2) is 18.2 Å². The van der Waals surface area contributed by atoms with Crippen molar-refractivity contribution in [3.8, 4) is 0 Å². The van der Waals surface area contributed by atoms with E-state index < -0.39 is 0 Å². The van der Waals surface area contributed by atoms with Crippen molar-refractivity contribution >= 4 is 39.3 Å². The van der Waals surface area contributed by atoms with Crippen molar-refractivity contribution in [2.45, 2.75) is 13.5 Å². The van der Waals surface area contributed by atoms with Crippen LogP contribution in [0.4, 0.5) is 5.82 Å². The number of halogens is 1. The Hall–Kier alpha value is -0.780. The Morgan fingerprint density at radius 2 is 2.31 bits per heavy atom. The van der Waals surface area contributed by atoms with E-state index in [9.17, 15) is 0 Å². The molecule has 2 rings (SSSR count). The number of fused-ring (bicyclic) bond motifs is 1. The second kappa shape index (κ2) is 3.17. The molecule has 0 radical (unpaired) electrons. The Morgan fingerprint density at radius 3 is 3.00 bits per heavy atom. The average Bonchev–Trinajstić information content (AvgIpc) is 2.42. The first-order chi connectivity index (χ1) is 6.22. The lowest BCUT2D eigenvalue weighted by molar-refractivity contribution is 0.687. The molecule has 0 spiro atoms. The van der Waals surface area contributed by atoms with E-state index in [0.29, 0.717) is 5.82 Å².